The summed E-state index contributed by atoms with van der Waals surface area (Å²) in [6, 6.07) is 13.4. The largest absolute Gasteiger partial charge is 0.296 e. The maximum absolute atomic E-state index is 12.8. The molecule has 0 radical (unpaired) electrons. The van der Waals surface area contributed by atoms with Gasteiger partial charge in [0.05, 0.1) is 22.1 Å². The van der Waals surface area contributed by atoms with Crippen molar-refractivity contribution in [3.8, 4) is 0 Å². The van der Waals surface area contributed by atoms with Gasteiger partial charge in [-0.15, -0.1) is 0 Å². The zero-order valence-corrected chi connectivity index (χ0v) is 16.0. The number of rotatable bonds is 3. The maximum Gasteiger partial charge on any atom is 0.261 e. The average molecular weight is 404 g/mol. The third kappa shape index (κ3) is 3.38. The van der Waals surface area contributed by atoms with Crippen LogP contribution in [0.2, 0.25) is 5.02 Å². The Morgan fingerprint density at radius 1 is 1.04 bits per heavy atom. The summed E-state index contributed by atoms with van der Waals surface area (Å²) in [4.78, 5) is 17.3. The fraction of sp³-hybridized carbons (Fsp3) is 0.263. The van der Waals surface area contributed by atoms with Gasteiger partial charge in [0.2, 0.25) is 10.0 Å². The van der Waals surface area contributed by atoms with E-state index in [1.807, 2.05) is 12.1 Å². The minimum atomic E-state index is -3.59. The predicted molar refractivity (Wildman–Crippen MR) is 104 cm³/mol. The molecule has 0 amide bonds. The highest BCUT2D eigenvalue weighted by molar-refractivity contribution is 7.89. The smallest absolute Gasteiger partial charge is 0.261 e. The molecule has 0 N–H and O–H groups in total. The second-order valence-electron chi connectivity index (χ2n) is 6.57. The normalized spacial score (nSPS) is 16.6. The highest BCUT2D eigenvalue weighted by atomic mass is 35.5. The quantitative estimate of drug-likeness (QED) is 0.673. The van der Waals surface area contributed by atoms with Gasteiger partial charge in [-0.1, -0.05) is 29.8 Å². The lowest BCUT2D eigenvalue weighted by Gasteiger charge is -2.32. The van der Waals surface area contributed by atoms with Gasteiger partial charge in [0, 0.05) is 24.2 Å². The number of benzene rings is 2. The van der Waals surface area contributed by atoms with Gasteiger partial charge in [-0.05, 0) is 43.2 Å². The summed E-state index contributed by atoms with van der Waals surface area (Å²) in [7, 11) is -3.59. The first-order valence-corrected chi connectivity index (χ1v) is 10.5. The van der Waals surface area contributed by atoms with E-state index in [1.54, 1.807) is 41.2 Å². The molecule has 0 spiro atoms. The van der Waals surface area contributed by atoms with Crippen LogP contribution in [0.5, 0.6) is 0 Å². The third-order valence-corrected chi connectivity index (χ3v) is 7.07. The second-order valence-corrected chi connectivity index (χ2v) is 8.94. The molecule has 1 saturated heterocycles. The third-order valence-electron chi connectivity index (χ3n) is 4.94. The van der Waals surface area contributed by atoms with Crippen LogP contribution in [0.15, 0.2) is 64.5 Å². The number of fused-ring (bicyclic) bond motifs is 1. The monoisotopic (exact) mass is 403 g/mol. The predicted octanol–water partition coefficient (Wildman–Crippen LogP) is 3.08. The zero-order valence-electron chi connectivity index (χ0n) is 14.5. The summed E-state index contributed by atoms with van der Waals surface area (Å²) in [5.41, 5.74) is 0.580. The molecule has 0 unspecified atom stereocenters. The van der Waals surface area contributed by atoms with Crippen LogP contribution in [0.25, 0.3) is 10.9 Å². The van der Waals surface area contributed by atoms with Crippen LogP contribution < -0.4 is 5.56 Å². The van der Waals surface area contributed by atoms with E-state index in [9.17, 15) is 13.2 Å². The van der Waals surface area contributed by atoms with Gasteiger partial charge in [-0.3, -0.25) is 9.36 Å². The van der Waals surface area contributed by atoms with Crippen molar-refractivity contribution in [2.24, 2.45) is 0 Å². The summed E-state index contributed by atoms with van der Waals surface area (Å²) < 4.78 is 28.7. The minimum absolute atomic E-state index is 0.0691. The lowest BCUT2D eigenvalue weighted by atomic mass is 10.1. The van der Waals surface area contributed by atoms with Crippen LogP contribution in [0.3, 0.4) is 0 Å². The molecule has 140 valence electrons. The minimum Gasteiger partial charge on any atom is -0.296 e. The van der Waals surface area contributed by atoms with Crippen molar-refractivity contribution in [1.29, 1.82) is 0 Å². The molecule has 2 aromatic carbocycles. The lowest BCUT2D eigenvalue weighted by Crippen LogP contribution is -2.40. The SMILES string of the molecule is O=c1c2ccccc2ncn1C1CCN(S(=O)(=O)c2cccc(Cl)c2)CC1. The Hall–Kier alpha value is -2.22. The highest BCUT2D eigenvalue weighted by Crippen LogP contribution is 2.27. The molecule has 0 saturated carbocycles. The Morgan fingerprint density at radius 3 is 2.52 bits per heavy atom. The van der Waals surface area contributed by atoms with Gasteiger partial charge in [0.25, 0.3) is 5.56 Å². The Balaban J connectivity index is 1.56. The maximum atomic E-state index is 12.8. The van der Waals surface area contributed by atoms with E-state index in [4.69, 9.17) is 11.6 Å². The van der Waals surface area contributed by atoms with Crippen LogP contribution in [0, 0.1) is 0 Å². The van der Waals surface area contributed by atoms with Crippen LogP contribution >= 0.6 is 11.6 Å². The first-order valence-electron chi connectivity index (χ1n) is 8.68. The van der Waals surface area contributed by atoms with Crippen LogP contribution in [0.1, 0.15) is 18.9 Å². The average Bonchev–Trinajstić information content (AvgIpc) is 2.69. The standard InChI is InChI=1S/C19H18ClN3O3S/c20-14-4-3-5-16(12-14)27(25,26)22-10-8-15(9-11-22)23-13-21-18-7-2-1-6-17(18)19(23)24/h1-7,12-13,15H,8-11H2. The van der Waals surface area contributed by atoms with Crippen molar-refractivity contribution < 1.29 is 8.42 Å². The van der Waals surface area contributed by atoms with Crippen LogP contribution in [0.4, 0.5) is 0 Å². The van der Waals surface area contributed by atoms with Crippen molar-refractivity contribution in [1.82, 2.24) is 13.9 Å². The summed E-state index contributed by atoms with van der Waals surface area (Å²) in [6.45, 7) is 0.692. The first-order chi connectivity index (χ1) is 13.0. The number of para-hydroxylation sites is 1. The Kier molecular flexibility index (Phi) is 4.75. The molecule has 1 fully saturated rings. The summed E-state index contributed by atoms with van der Waals surface area (Å²) in [5.74, 6) is 0. The number of halogens is 1. The molecule has 8 heteroatoms. The van der Waals surface area contributed by atoms with E-state index < -0.39 is 10.0 Å². The van der Waals surface area contributed by atoms with E-state index >= 15 is 0 Å². The molecule has 6 nitrogen and oxygen atoms in total. The Morgan fingerprint density at radius 2 is 1.78 bits per heavy atom. The zero-order chi connectivity index (χ0) is 19.0. The number of hydrogen-bond donors (Lipinski definition) is 0. The molecule has 0 atom stereocenters. The molecule has 4 rings (SSSR count). The molecule has 0 aliphatic carbocycles. The number of hydrogen-bond acceptors (Lipinski definition) is 4. The molecular formula is C19H18ClN3O3S. The second kappa shape index (κ2) is 7.07. The molecule has 1 aliphatic rings. The van der Waals surface area contributed by atoms with Gasteiger partial charge in [0.15, 0.2) is 0 Å². The summed E-state index contributed by atoms with van der Waals surface area (Å²) >= 11 is 5.93. The first kappa shape index (κ1) is 18.2. The molecule has 27 heavy (non-hydrogen) atoms. The molecule has 1 aliphatic heterocycles. The molecule has 1 aromatic heterocycles. The number of nitrogens with zero attached hydrogens (tertiary/aromatic N) is 3. The molecular weight excluding hydrogens is 386 g/mol. The van der Waals surface area contributed by atoms with Crippen molar-refractivity contribution in [3.63, 3.8) is 0 Å². The van der Waals surface area contributed by atoms with Crippen LogP contribution in [-0.4, -0.2) is 35.4 Å². The Bertz CT molecular complexity index is 1150. The molecule has 3 aromatic rings. The fourth-order valence-electron chi connectivity index (χ4n) is 3.48. The van der Waals surface area contributed by atoms with Gasteiger partial charge >= 0.3 is 0 Å². The molecule has 0 bridgehead atoms. The Labute approximate surface area is 162 Å². The van der Waals surface area contributed by atoms with Gasteiger partial charge in [0.1, 0.15) is 0 Å². The van der Waals surface area contributed by atoms with Crippen molar-refractivity contribution in [3.05, 3.63) is 70.2 Å². The van der Waals surface area contributed by atoms with Gasteiger partial charge < -0.3 is 0 Å². The molecule has 2 heterocycles. The van der Waals surface area contributed by atoms with E-state index in [-0.39, 0.29) is 16.5 Å². The highest BCUT2D eigenvalue weighted by Gasteiger charge is 2.30. The van der Waals surface area contributed by atoms with Crippen molar-refractivity contribution in [2.45, 2.75) is 23.8 Å². The van der Waals surface area contributed by atoms with Crippen molar-refractivity contribution in [2.75, 3.05) is 13.1 Å². The van der Waals surface area contributed by atoms with Crippen LogP contribution in [-0.2, 0) is 10.0 Å². The van der Waals surface area contributed by atoms with E-state index in [2.05, 4.69) is 4.98 Å². The van der Waals surface area contributed by atoms with Gasteiger partial charge in [-0.2, -0.15) is 4.31 Å². The number of piperidine rings is 1. The van der Waals surface area contributed by atoms with E-state index in [0.29, 0.717) is 41.9 Å². The number of aromatic nitrogens is 2. The summed E-state index contributed by atoms with van der Waals surface area (Å²) in [5, 5.41) is 0.966. The fourth-order valence-corrected chi connectivity index (χ4v) is 5.25. The topological polar surface area (TPSA) is 72.3 Å². The lowest BCUT2D eigenvalue weighted by molar-refractivity contribution is 0.269. The number of sulfonamides is 1. The van der Waals surface area contributed by atoms with E-state index in [0.717, 1.165) is 0 Å². The van der Waals surface area contributed by atoms with E-state index in [1.165, 1.54) is 10.4 Å². The summed E-state index contributed by atoms with van der Waals surface area (Å²) in [6.07, 6.45) is 2.68. The van der Waals surface area contributed by atoms with Gasteiger partial charge in [-0.25, -0.2) is 13.4 Å². The van der Waals surface area contributed by atoms with Crippen molar-refractivity contribution >= 4 is 32.5 Å².